The predicted molar refractivity (Wildman–Crippen MR) is 125 cm³/mol. The molecule has 0 saturated carbocycles. The van der Waals surface area contributed by atoms with Crippen LogP contribution >= 0.6 is 23.1 Å². The van der Waals surface area contributed by atoms with E-state index >= 15 is 0 Å². The molecule has 0 bridgehead atoms. The number of thioether (sulfide) groups is 1. The predicted octanol–water partition coefficient (Wildman–Crippen LogP) is 5.32. The van der Waals surface area contributed by atoms with Crippen LogP contribution < -0.4 is 5.56 Å². The first kappa shape index (κ1) is 21.4. The van der Waals surface area contributed by atoms with Crippen LogP contribution in [0, 0.1) is 22.0 Å². The van der Waals surface area contributed by atoms with Gasteiger partial charge in [-0.2, -0.15) is 10.5 Å². The zero-order chi connectivity index (χ0) is 22.7. The molecule has 6 nitrogen and oxygen atoms in total. The lowest BCUT2D eigenvalue weighted by Crippen LogP contribution is -2.25. The molecule has 2 heterocycles. The first-order valence-electron chi connectivity index (χ1n) is 9.61. The van der Waals surface area contributed by atoms with Gasteiger partial charge in [0.05, 0.1) is 17.2 Å². The first-order chi connectivity index (χ1) is 15.6. The van der Waals surface area contributed by atoms with Crippen LogP contribution in [0.1, 0.15) is 22.2 Å². The average Bonchev–Trinajstić information content (AvgIpc) is 3.22. The second kappa shape index (κ2) is 9.11. The summed E-state index contributed by atoms with van der Waals surface area (Å²) in [4.78, 5) is 28.0. The Morgan fingerprint density at radius 3 is 2.25 bits per heavy atom. The minimum Gasteiger partial charge on any atom is -0.462 e. The standard InChI is InChI=1S/C24H15N3O3S2/c1-2-30-24(29)19-18(15-9-5-3-6-10-15)21(31-14-26)23-27(22(19)28)20(17(13-25)32-23)16-11-7-4-8-12-16/h3-12H,2H2,1H3. The smallest absolute Gasteiger partial charge is 0.344 e. The summed E-state index contributed by atoms with van der Waals surface area (Å²) in [7, 11) is 0. The van der Waals surface area contributed by atoms with E-state index in [1.165, 1.54) is 4.40 Å². The average molecular weight is 458 g/mol. The summed E-state index contributed by atoms with van der Waals surface area (Å²) in [5, 5.41) is 21.4. The van der Waals surface area contributed by atoms with Crippen molar-refractivity contribution in [1.29, 1.82) is 10.5 Å². The Labute approximate surface area is 191 Å². The van der Waals surface area contributed by atoms with E-state index in [1.807, 2.05) is 12.1 Å². The number of thiocyanates is 1. The Morgan fingerprint density at radius 2 is 1.69 bits per heavy atom. The van der Waals surface area contributed by atoms with Crippen LogP contribution in [-0.2, 0) is 4.74 Å². The fraction of sp³-hybridized carbons (Fsp3) is 0.0833. The molecule has 0 fully saturated rings. The number of hydrogen-bond acceptors (Lipinski definition) is 7. The topological polar surface area (TPSA) is 95.4 Å². The molecule has 0 amide bonds. The Kier molecular flexibility index (Phi) is 6.09. The molecule has 4 rings (SSSR count). The second-order valence-electron chi connectivity index (χ2n) is 6.56. The summed E-state index contributed by atoms with van der Waals surface area (Å²) in [5.74, 6) is -0.769. The summed E-state index contributed by atoms with van der Waals surface area (Å²) in [5.41, 5.74) is 1.26. The van der Waals surface area contributed by atoms with Crippen LogP contribution in [0.25, 0.3) is 27.2 Å². The molecule has 0 atom stereocenters. The molecule has 0 saturated heterocycles. The third-order valence-electron chi connectivity index (χ3n) is 4.77. The highest BCUT2D eigenvalue weighted by atomic mass is 32.2. The minimum atomic E-state index is -0.769. The van der Waals surface area contributed by atoms with Gasteiger partial charge in [0.2, 0.25) is 0 Å². The van der Waals surface area contributed by atoms with Crippen molar-refractivity contribution in [2.24, 2.45) is 0 Å². The van der Waals surface area contributed by atoms with Gasteiger partial charge in [0.1, 0.15) is 26.7 Å². The number of carbonyl (C=O) groups is 1. The summed E-state index contributed by atoms with van der Waals surface area (Å²) in [6.07, 6.45) is 0. The number of pyridine rings is 1. The fourth-order valence-electron chi connectivity index (χ4n) is 3.52. The molecule has 2 aromatic carbocycles. The molecule has 0 spiro atoms. The number of esters is 1. The number of hydrogen-bond donors (Lipinski definition) is 0. The number of thiazole rings is 1. The lowest BCUT2D eigenvalue weighted by molar-refractivity contribution is 0.0525. The largest absolute Gasteiger partial charge is 0.462 e. The molecule has 2 aromatic heterocycles. The quantitative estimate of drug-likeness (QED) is 0.229. The number of fused-ring (bicyclic) bond motifs is 1. The van der Waals surface area contributed by atoms with Gasteiger partial charge in [-0.25, -0.2) is 4.79 Å². The molecule has 0 N–H and O–H groups in total. The van der Waals surface area contributed by atoms with Crippen LogP contribution in [0.5, 0.6) is 0 Å². The van der Waals surface area contributed by atoms with E-state index in [0.717, 1.165) is 23.1 Å². The van der Waals surface area contributed by atoms with E-state index in [-0.39, 0.29) is 12.2 Å². The number of nitrogens with zero attached hydrogens (tertiary/aromatic N) is 3. The van der Waals surface area contributed by atoms with Crippen LogP contribution in [0.15, 0.2) is 70.4 Å². The highest BCUT2D eigenvalue weighted by Crippen LogP contribution is 2.41. The zero-order valence-electron chi connectivity index (χ0n) is 16.9. The van der Waals surface area contributed by atoms with Gasteiger partial charge in [-0.3, -0.25) is 9.20 Å². The number of rotatable bonds is 5. The highest BCUT2D eigenvalue weighted by molar-refractivity contribution is 8.04. The van der Waals surface area contributed by atoms with Crippen LogP contribution in [0.4, 0.5) is 0 Å². The summed E-state index contributed by atoms with van der Waals surface area (Å²) in [6, 6.07) is 20.1. The van der Waals surface area contributed by atoms with E-state index in [0.29, 0.717) is 37.0 Å². The van der Waals surface area contributed by atoms with Gasteiger partial charge in [-0.15, -0.1) is 11.3 Å². The Bertz CT molecular complexity index is 1460. The minimum absolute atomic E-state index is 0.0918. The SMILES string of the molecule is CCOC(=O)c1c(-c2ccccc2)c(SC#N)c2sc(C#N)c(-c3ccccc3)n2c1=O. The third-order valence-corrected chi connectivity index (χ3v) is 6.66. The van der Waals surface area contributed by atoms with Crippen molar-refractivity contribution >= 4 is 33.9 Å². The Balaban J connectivity index is 2.24. The molecular weight excluding hydrogens is 442 g/mol. The van der Waals surface area contributed by atoms with Gasteiger partial charge in [0.15, 0.2) is 0 Å². The maximum Gasteiger partial charge on any atom is 0.344 e. The summed E-state index contributed by atoms with van der Waals surface area (Å²) in [6.45, 7) is 1.75. The third kappa shape index (κ3) is 3.56. The molecule has 0 aliphatic heterocycles. The molecule has 32 heavy (non-hydrogen) atoms. The molecule has 0 radical (unpaired) electrons. The Hall–Kier alpha value is -3.85. The van der Waals surface area contributed by atoms with Crippen molar-refractivity contribution in [1.82, 2.24) is 4.40 Å². The van der Waals surface area contributed by atoms with Gasteiger partial charge in [0.25, 0.3) is 5.56 Å². The summed E-state index contributed by atoms with van der Waals surface area (Å²) >= 11 is 1.97. The lowest BCUT2D eigenvalue weighted by Gasteiger charge is -2.14. The zero-order valence-corrected chi connectivity index (χ0v) is 18.5. The van der Waals surface area contributed by atoms with E-state index in [9.17, 15) is 20.1 Å². The van der Waals surface area contributed by atoms with Gasteiger partial charge in [-0.05, 0) is 24.2 Å². The van der Waals surface area contributed by atoms with Crippen molar-refractivity contribution in [3.05, 3.63) is 81.5 Å². The highest BCUT2D eigenvalue weighted by Gasteiger charge is 2.29. The molecule has 156 valence electrons. The van der Waals surface area contributed by atoms with Gasteiger partial charge in [-0.1, -0.05) is 60.7 Å². The van der Waals surface area contributed by atoms with Crippen molar-refractivity contribution in [3.8, 4) is 33.9 Å². The first-order valence-corrected chi connectivity index (χ1v) is 11.2. The maximum atomic E-state index is 13.8. The summed E-state index contributed by atoms with van der Waals surface area (Å²) < 4.78 is 6.58. The van der Waals surface area contributed by atoms with Gasteiger partial charge >= 0.3 is 5.97 Å². The number of nitriles is 2. The number of benzene rings is 2. The van der Waals surface area contributed by atoms with Crippen LogP contribution in [0.2, 0.25) is 0 Å². The molecule has 0 unspecified atom stereocenters. The van der Waals surface area contributed by atoms with E-state index in [2.05, 4.69) is 11.5 Å². The van der Waals surface area contributed by atoms with E-state index in [1.54, 1.807) is 55.5 Å². The van der Waals surface area contributed by atoms with E-state index < -0.39 is 11.5 Å². The number of carbonyl (C=O) groups excluding carboxylic acids is 1. The second-order valence-corrected chi connectivity index (χ2v) is 8.36. The normalized spacial score (nSPS) is 10.5. The molecule has 0 aliphatic rings. The number of aromatic nitrogens is 1. The maximum absolute atomic E-state index is 13.8. The van der Waals surface area contributed by atoms with Crippen molar-refractivity contribution < 1.29 is 9.53 Å². The van der Waals surface area contributed by atoms with Gasteiger partial charge in [0, 0.05) is 11.1 Å². The molecule has 8 heteroatoms. The van der Waals surface area contributed by atoms with Crippen molar-refractivity contribution in [3.63, 3.8) is 0 Å². The lowest BCUT2D eigenvalue weighted by atomic mass is 10.0. The monoisotopic (exact) mass is 457 g/mol. The van der Waals surface area contributed by atoms with Crippen LogP contribution in [-0.4, -0.2) is 17.0 Å². The van der Waals surface area contributed by atoms with Crippen molar-refractivity contribution in [2.75, 3.05) is 6.61 Å². The molecular formula is C24H15N3O3S2. The van der Waals surface area contributed by atoms with E-state index in [4.69, 9.17) is 4.74 Å². The molecule has 0 aliphatic carbocycles. The van der Waals surface area contributed by atoms with Crippen molar-refractivity contribution in [2.45, 2.75) is 11.8 Å². The Morgan fingerprint density at radius 1 is 1.06 bits per heavy atom. The number of ether oxygens (including phenoxy) is 1. The van der Waals surface area contributed by atoms with Crippen LogP contribution in [0.3, 0.4) is 0 Å². The molecule has 4 aromatic rings. The van der Waals surface area contributed by atoms with Gasteiger partial charge < -0.3 is 4.74 Å². The fourth-order valence-corrected chi connectivity index (χ4v) is 5.37.